The van der Waals surface area contributed by atoms with E-state index in [0.29, 0.717) is 4.90 Å². The van der Waals surface area contributed by atoms with E-state index in [-0.39, 0.29) is 22.5 Å². The van der Waals surface area contributed by atoms with Crippen molar-refractivity contribution in [3.8, 4) is 5.75 Å². The van der Waals surface area contributed by atoms with Crippen LogP contribution in [0.4, 0.5) is 24.5 Å². The smallest absolute Gasteiger partial charge is 0.406 e. The summed E-state index contributed by atoms with van der Waals surface area (Å²) in [5.74, 6) is -2.93. The highest BCUT2D eigenvalue weighted by Gasteiger charge is 2.37. The maximum absolute atomic E-state index is 12.3. The number of alkyl halides is 3. The number of nitrogens with one attached hydrogen (secondary N) is 1. The third kappa shape index (κ3) is 4.31. The molecular weight excluding hydrogens is 399 g/mol. The number of amides is 3. The number of carbonyl (C=O) groups excluding carboxylic acids is 3. The molecule has 0 atom stereocenters. The Labute approximate surface area is 159 Å². The van der Waals surface area contributed by atoms with Crippen LogP contribution in [0.3, 0.4) is 0 Å². The molecule has 1 aliphatic heterocycles. The summed E-state index contributed by atoms with van der Waals surface area (Å²) in [5.41, 5.74) is -0.526. The number of hydrogen-bond donors (Lipinski definition) is 1. The molecule has 1 heterocycles. The van der Waals surface area contributed by atoms with Crippen LogP contribution in [0.15, 0.2) is 42.5 Å². The third-order valence-corrected chi connectivity index (χ3v) is 3.84. The number of fused-ring (bicyclic) bond motifs is 1. The van der Waals surface area contributed by atoms with Crippen molar-refractivity contribution >= 4 is 29.1 Å². The summed E-state index contributed by atoms with van der Waals surface area (Å²) in [6, 6.07) is 7.39. The number of halogens is 3. The molecule has 2 aromatic carbocycles. The van der Waals surface area contributed by atoms with E-state index in [1.165, 1.54) is 0 Å². The van der Waals surface area contributed by atoms with E-state index in [0.717, 1.165) is 42.5 Å². The molecule has 0 saturated heterocycles. The van der Waals surface area contributed by atoms with Crippen molar-refractivity contribution < 1.29 is 37.2 Å². The molecule has 12 heteroatoms. The zero-order valence-electron chi connectivity index (χ0n) is 14.2. The fourth-order valence-corrected chi connectivity index (χ4v) is 2.62. The van der Waals surface area contributed by atoms with Gasteiger partial charge in [0.05, 0.1) is 16.1 Å². The van der Waals surface area contributed by atoms with Gasteiger partial charge >= 0.3 is 6.36 Å². The molecule has 0 unspecified atom stereocenters. The summed E-state index contributed by atoms with van der Waals surface area (Å²) in [7, 11) is 0. The second-order valence-electron chi connectivity index (χ2n) is 5.80. The van der Waals surface area contributed by atoms with Crippen molar-refractivity contribution in [1.29, 1.82) is 0 Å². The van der Waals surface area contributed by atoms with Crippen LogP contribution in [0.1, 0.15) is 20.7 Å². The van der Waals surface area contributed by atoms with Gasteiger partial charge in [-0.05, 0) is 30.3 Å². The average Bonchev–Trinajstić information content (AvgIpc) is 2.86. The van der Waals surface area contributed by atoms with Crippen molar-refractivity contribution in [2.24, 2.45) is 0 Å². The van der Waals surface area contributed by atoms with Crippen LogP contribution in [0.5, 0.6) is 5.75 Å². The summed E-state index contributed by atoms with van der Waals surface area (Å²) in [6.07, 6.45) is -4.86. The van der Waals surface area contributed by atoms with Gasteiger partial charge in [-0.1, -0.05) is 0 Å². The van der Waals surface area contributed by atoms with E-state index in [1.807, 2.05) is 0 Å². The lowest BCUT2D eigenvalue weighted by atomic mass is 10.1. The number of imide groups is 1. The van der Waals surface area contributed by atoms with Crippen LogP contribution < -0.4 is 10.1 Å². The minimum Gasteiger partial charge on any atom is -0.406 e. The van der Waals surface area contributed by atoms with Gasteiger partial charge < -0.3 is 10.1 Å². The Hall–Kier alpha value is -3.96. The predicted molar refractivity (Wildman–Crippen MR) is 90.2 cm³/mol. The summed E-state index contributed by atoms with van der Waals surface area (Å²) >= 11 is 0. The van der Waals surface area contributed by atoms with Gasteiger partial charge in [-0.15, -0.1) is 13.2 Å². The van der Waals surface area contributed by atoms with Crippen LogP contribution >= 0.6 is 0 Å². The molecule has 150 valence electrons. The molecule has 1 N–H and O–H groups in total. The highest BCUT2D eigenvalue weighted by Crippen LogP contribution is 2.27. The Balaban J connectivity index is 1.67. The zero-order valence-corrected chi connectivity index (χ0v) is 14.2. The molecule has 3 rings (SSSR count). The molecule has 9 nitrogen and oxygen atoms in total. The quantitative estimate of drug-likeness (QED) is 0.461. The van der Waals surface area contributed by atoms with E-state index in [2.05, 4.69) is 10.1 Å². The molecule has 2 aromatic rings. The molecule has 0 spiro atoms. The number of anilines is 1. The topological polar surface area (TPSA) is 119 Å². The first-order valence-corrected chi connectivity index (χ1v) is 7.85. The maximum Gasteiger partial charge on any atom is 0.573 e. The summed E-state index contributed by atoms with van der Waals surface area (Å²) in [6.45, 7) is -0.680. The van der Waals surface area contributed by atoms with Gasteiger partial charge in [-0.3, -0.25) is 29.4 Å². The summed E-state index contributed by atoms with van der Waals surface area (Å²) < 4.78 is 40.1. The maximum atomic E-state index is 12.3. The molecule has 0 saturated carbocycles. The van der Waals surface area contributed by atoms with Gasteiger partial charge in [0.2, 0.25) is 5.91 Å². The van der Waals surface area contributed by atoms with Crippen LogP contribution in [0, 0.1) is 10.1 Å². The Morgan fingerprint density at radius 3 is 2.28 bits per heavy atom. The minimum atomic E-state index is -4.86. The number of benzene rings is 2. The number of ether oxygens (including phenoxy) is 1. The number of rotatable bonds is 5. The van der Waals surface area contributed by atoms with Gasteiger partial charge in [0, 0.05) is 17.8 Å². The monoisotopic (exact) mass is 409 g/mol. The number of nitro groups is 1. The molecule has 0 bridgehead atoms. The predicted octanol–water partition coefficient (Wildman–Crippen LogP) is 2.73. The summed E-state index contributed by atoms with van der Waals surface area (Å²) in [4.78, 5) is 47.4. The lowest BCUT2D eigenvalue weighted by Gasteiger charge is -2.14. The lowest BCUT2D eigenvalue weighted by Crippen LogP contribution is -2.37. The Kier molecular flexibility index (Phi) is 4.93. The normalized spacial score (nSPS) is 13.3. The second kappa shape index (κ2) is 7.22. The highest BCUT2D eigenvalue weighted by molar-refractivity contribution is 6.23. The lowest BCUT2D eigenvalue weighted by molar-refractivity contribution is -0.384. The first kappa shape index (κ1) is 19.8. The molecule has 29 heavy (non-hydrogen) atoms. The molecular formula is C17H10F3N3O6. The minimum absolute atomic E-state index is 0.0675. The number of nitro benzene ring substituents is 1. The van der Waals surface area contributed by atoms with Crippen LogP contribution in [0.2, 0.25) is 0 Å². The largest absolute Gasteiger partial charge is 0.573 e. The van der Waals surface area contributed by atoms with Gasteiger partial charge in [0.1, 0.15) is 12.3 Å². The van der Waals surface area contributed by atoms with Gasteiger partial charge in [-0.2, -0.15) is 0 Å². The first-order chi connectivity index (χ1) is 13.5. The van der Waals surface area contributed by atoms with E-state index >= 15 is 0 Å². The van der Waals surface area contributed by atoms with Crippen molar-refractivity contribution in [3.63, 3.8) is 0 Å². The van der Waals surface area contributed by atoms with Crippen LogP contribution in [-0.4, -0.2) is 40.5 Å². The van der Waals surface area contributed by atoms with E-state index in [1.54, 1.807) is 0 Å². The van der Waals surface area contributed by atoms with Gasteiger partial charge in [0.25, 0.3) is 17.5 Å². The number of hydrogen-bond acceptors (Lipinski definition) is 6. The van der Waals surface area contributed by atoms with Crippen molar-refractivity contribution in [1.82, 2.24) is 4.90 Å². The van der Waals surface area contributed by atoms with Gasteiger partial charge in [-0.25, -0.2) is 0 Å². The molecule has 3 amide bonds. The van der Waals surface area contributed by atoms with E-state index in [9.17, 15) is 37.7 Å². The summed E-state index contributed by atoms with van der Waals surface area (Å²) in [5, 5.41) is 13.1. The molecule has 0 radical (unpaired) electrons. The average molecular weight is 409 g/mol. The Bertz CT molecular complexity index is 1020. The van der Waals surface area contributed by atoms with Gasteiger partial charge in [0.15, 0.2) is 0 Å². The SMILES string of the molecule is O=C(CN1C(=O)c2ccc([N+](=O)[O-])cc2C1=O)Nc1ccc(OC(F)(F)F)cc1. The third-order valence-electron chi connectivity index (χ3n) is 3.84. The van der Waals surface area contributed by atoms with Crippen molar-refractivity contribution in [2.45, 2.75) is 6.36 Å². The number of nitrogens with zero attached hydrogens (tertiary/aromatic N) is 2. The molecule has 1 aliphatic rings. The van der Waals surface area contributed by atoms with Crippen molar-refractivity contribution in [2.75, 3.05) is 11.9 Å². The fraction of sp³-hybridized carbons (Fsp3) is 0.118. The van der Waals surface area contributed by atoms with Crippen LogP contribution in [-0.2, 0) is 4.79 Å². The fourth-order valence-electron chi connectivity index (χ4n) is 2.62. The second-order valence-corrected chi connectivity index (χ2v) is 5.80. The number of non-ortho nitro benzene ring substituents is 1. The molecule has 0 aliphatic carbocycles. The highest BCUT2D eigenvalue weighted by atomic mass is 19.4. The zero-order chi connectivity index (χ0) is 21.3. The molecule has 0 aromatic heterocycles. The van der Waals surface area contributed by atoms with E-state index in [4.69, 9.17) is 0 Å². The Morgan fingerprint density at radius 1 is 1.07 bits per heavy atom. The number of carbonyl (C=O) groups is 3. The van der Waals surface area contributed by atoms with Crippen molar-refractivity contribution in [3.05, 3.63) is 63.7 Å². The first-order valence-electron chi connectivity index (χ1n) is 7.85. The standard InChI is InChI=1S/C17H10F3N3O6/c18-17(19,20)29-11-4-1-9(2-5-11)21-14(24)8-22-15(25)12-6-3-10(23(27)28)7-13(12)16(22)26/h1-7H,8H2,(H,21,24). The Morgan fingerprint density at radius 2 is 1.69 bits per heavy atom. The van der Waals surface area contributed by atoms with Crippen LogP contribution in [0.25, 0.3) is 0 Å². The molecule has 0 fully saturated rings. The van der Waals surface area contributed by atoms with E-state index < -0.39 is 41.3 Å².